The van der Waals surface area contributed by atoms with E-state index < -0.39 is 15.9 Å². The average Bonchev–Trinajstić information content (AvgIpc) is 3.12. The van der Waals surface area contributed by atoms with Crippen LogP contribution in [0.5, 0.6) is 11.5 Å². The summed E-state index contributed by atoms with van der Waals surface area (Å²) < 4.78 is 38.9. The molecule has 3 aromatic rings. The summed E-state index contributed by atoms with van der Waals surface area (Å²) in [4.78, 5) is 14.9. The fourth-order valence-electron chi connectivity index (χ4n) is 4.91. The van der Waals surface area contributed by atoms with Gasteiger partial charge in [-0.05, 0) is 56.0 Å². The molecule has 0 saturated carbocycles. The van der Waals surface area contributed by atoms with Gasteiger partial charge in [-0.3, -0.25) is 9.69 Å². The Morgan fingerprint density at radius 1 is 1.03 bits per heavy atom. The molecule has 1 unspecified atom stereocenters. The normalized spacial score (nSPS) is 17.3. The van der Waals surface area contributed by atoms with Gasteiger partial charge in [-0.25, -0.2) is 12.7 Å². The van der Waals surface area contributed by atoms with E-state index in [4.69, 9.17) is 9.47 Å². The molecule has 0 saturated heterocycles. The smallest absolute Gasteiger partial charge is 0.269 e. The third-order valence-electron chi connectivity index (χ3n) is 6.72. The lowest BCUT2D eigenvalue weighted by molar-refractivity contribution is 0.0882. The lowest BCUT2D eigenvalue weighted by atomic mass is 10.0. The van der Waals surface area contributed by atoms with Crippen LogP contribution in [-0.4, -0.2) is 55.4 Å². The number of hydrogen-bond acceptors (Lipinski definition) is 6. The van der Waals surface area contributed by atoms with E-state index in [2.05, 4.69) is 34.9 Å². The number of fused-ring (bicyclic) bond motifs is 2. The van der Waals surface area contributed by atoms with E-state index in [1.807, 2.05) is 44.2 Å². The summed E-state index contributed by atoms with van der Waals surface area (Å²) in [5.41, 5.74) is 2.49. The summed E-state index contributed by atoms with van der Waals surface area (Å²) in [5, 5.41) is 0. The van der Waals surface area contributed by atoms with Gasteiger partial charge in [0.2, 0.25) is 0 Å². The lowest BCUT2D eigenvalue weighted by Gasteiger charge is -2.31. The third kappa shape index (κ3) is 5.95. The Kier molecular flexibility index (Phi) is 7.92. The molecule has 0 aromatic heterocycles. The van der Waals surface area contributed by atoms with Gasteiger partial charge >= 0.3 is 0 Å². The lowest BCUT2D eigenvalue weighted by Crippen LogP contribution is -2.38. The fraction of sp³-hybridized carbons (Fsp3) is 0.323. The Morgan fingerprint density at radius 2 is 1.79 bits per heavy atom. The van der Waals surface area contributed by atoms with E-state index >= 15 is 0 Å². The van der Waals surface area contributed by atoms with Gasteiger partial charge in [-0.2, -0.15) is 0 Å². The highest BCUT2D eigenvalue weighted by Gasteiger charge is 2.40. The van der Waals surface area contributed by atoms with Gasteiger partial charge in [-0.15, -0.1) is 0 Å². The number of rotatable bonds is 8. The van der Waals surface area contributed by atoms with E-state index in [-0.39, 0.29) is 29.2 Å². The monoisotopic (exact) mass is 544 g/mol. The molecule has 0 bridgehead atoms. The summed E-state index contributed by atoms with van der Waals surface area (Å²) >= 11 is 0. The standard InChI is InChI=1S/C31H32N2O5S/c1-23(2)37-28-15-10-13-25-17-18-26(38-30(25)28)22-32(21-24-11-4-3-5-12-24)19-8-9-20-33-31(34)27-14-6-7-16-29(27)39(33,35)36/h3-7,10-16,23,26H,17-22H2,1-2H3. The van der Waals surface area contributed by atoms with Crippen molar-refractivity contribution in [2.75, 3.05) is 19.6 Å². The van der Waals surface area contributed by atoms with Gasteiger partial charge in [0.25, 0.3) is 15.9 Å². The molecule has 39 heavy (non-hydrogen) atoms. The third-order valence-corrected chi connectivity index (χ3v) is 8.50. The molecule has 0 aliphatic carbocycles. The zero-order valence-electron chi connectivity index (χ0n) is 22.2. The van der Waals surface area contributed by atoms with Crippen molar-refractivity contribution in [1.82, 2.24) is 9.21 Å². The highest BCUT2D eigenvalue weighted by molar-refractivity contribution is 7.90. The molecule has 0 radical (unpaired) electrons. The molecule has 5 rings (SSSR count). The van der Waals surface area contributed by atoms with E-state index in [9.17, 15) is 13.2 Å². The van der Waals surface area contributed by atoms with Gasteiger partial charge in [0.05, 0.1) is 24.8 Å². The molecule has 3 aromatic carbocycles. The van der Waals surface area contributed by atoms with Crippen LogP contribution in [-0.2, 0) is 23.0 Å². The van der Waals surface area contributed by atoms with Crippen LogP contribution in [0.25, 0.3) is 0 Å². The molecule has 2 aliphatic heterocycles. The molecular formula is C31H32N2O5S. The molecule has 202 valence electrons. The Balaban J connectivity index is 1.29. The van der Waals surface area contributed by atoms with Crippen LogP contribution in [0.1, 0.15) is 41.8 Å². The molecule has 1 amide bonds. The number of nitrogens with zero attached hydrogens (tertiary/aromatic N) is 2. The van der Waals surface area contributed by atoms with E-state index in [1.54, 1.807) is 12.1 Å². The Bertz CT molecular complexity index is 1510. The molecule has 0 spiro atoms. The van der Waals surface area contributed by atoms with Gasteiger partial charge < -0.3 is 9.47 Å². The summed E-state index contributed by atoms with van der Waals surface area (Å²) in [7, 11) is -3.87. The van der Waals surface area contributed by atoms with Crippen LogP contribution in [0, 0.1) is 11.8 Å². The fourth-order valence-corrected chi connectivity index (χ4v) is 6.38. The number of carbonyl (C=O) groups excluding carboxylic acids is 1. The largest absolute Gasteiger partial charge is 0.487 e. The van der Waals surface area contributed by atoms with Crippen LogP contribution in [0.3, 0.4) is 0 Å². The summed E-state index contributed by atoms with van der Waals surface area (Å²) in [6.45, 7) is 5.53. The van der Waals surface area contributed by atoms with Crippen molar-refractivity contribution in [3.8, 4) is 23.3 Å². The number of ether oxygens (including phenoxy) is 2. The first-order chi connectivity index (χ1) is 18.8. The quantitative estimate of drug-likeness (QED) is 0.388. The molecular weight excluding hydrogens is 512 g/mol. The Morgan fingerprint density at radius 3 is 2.56 bits per heavy atom. The molecule has 2 heterocycles. The minimum atomic E-state index is -3.87. The summed E-state index contributed by atoms with van der Waals surface area (Å²) in [6.07, 6.45) is 1.77. The SMILES string of the molecule is CC(C)Oc1cccc2c1OC(CN(CC#CCN1C(=O)c3ccccc3S1(=O)=O)Cc1ccccc1)CC2. The van der Waals surface area contributed by atoms with Crippen molar-refractivity contribution < 1.29 is 22.7 Å². The second kappa shape index (κ2) is 11.5. The molecule has 1 atom stereocenters. The topological polar surface area (TPSA) is 76.2 Å². The number of hydrogen-bond donors (Lipinski definition) is 0. The summed E-state index contributed by atoms with van der Waals surface area (Å²) in [6, 6.07) is 22.4. The maximum atomic E-state index is 12.8. The Hall–Kier alpha value is -3.80. The number of aryl methyl sites for hydroxylation is 1. The number of para-hydroxylation sites is 1. The van der Waals surface area contributed by atoms with E-state index in [1.165, 1.54) is 12.1 Å². The zero-order chi connectivity index (χ0) is 27.4. The number of benzene rings is 3. The molecule has 0 N–H and O–H groups in total. The first-order valence-corrected chi connectivity index (χ1v) is 14.6. The van der Waals surface area contributed by atoms with Crippen LogP contribution in [0.4, 0.5) is 0 Å². The van der Waals surface area contributed by atoms with Crippen LogP contribution >= 0.6 is 0 Å². The van der Waals surface area contributed by atoms with Crippen molar-refractivity contribution in [3.63, 3.8) is 0 Å². The predicted molar refractivity (Wildman–Crippen MR) is 149 cm³/mol. The molecule has 7 nitrogen and oxygen atoms in total. The minimum absolute atomic E-state index is 0.0399. The van der Waals surface area contributed by atoms with E-state index in [0.29, 0.717) is 19.6 Å². The van der Waals surface area contributed by atoms with Crippen molar-refractivity contribution in [3.05, 3.63) is 89.5 Å². The number of sulfonamides is 1. The highest BCUT2D eigenvalue weighted by atomic mass is 32.2. The molecule has 8 heteroatoms. The average molecular weight is 545 g/mol. The summed E-state index contributed by atoms with van der Waals surface area (Å²) in [5.74, 6) is 7.06. The minimum Gasteiger partial charge on any atom is -0.487 e. The van der Waals surface area contributed by atoms with Crippen molar-refractivity contribution in [2.45, 2.75) is 50.3 Å². The second-order valence-electron chi connectivity index (χ2n) is 10.0. The van der Waals surface area contributed by atoms with Crippen LogP contribution < -0.4 is 9.47 Å². The number of carbonyl (C=O) groups is 1. The molecule has 2 aliphatic rings. The zero-order valence-corrected chi connectivity index (χ0v) is 23.0. The van der Waals surface area contributed by atoms with Crippen molar-refractivity contribution in [1.29, 1.82) is 0 Å². The van der Waals surface area contributed by atoms with Crippen LogP contribution in [0.2, 0.25) is 0 Å². The van der Waals surface area contributed by atoms with Crippen molar-refractivity contribution in [2.24, 2.45) is 0 Å². The first kappa shape index (κ1) is 26.8. The number of amides is 1. The van der Waals surface area contributed by atoms with Gasteiger partial charge in [0.1, 0.15) is 11.0 Å². The Labute approximate surface area is 230 Å². The van der Waals surface area contributed by atoms with Gasteiger partial charge in [0.15, 0.2) is 11.5 Å². The predicted octanol–water partition coefficient (Wildman–Crippen LogP) is 4.52. The van der Waals surface area contributed by atoms with Crippen molar-refractivity contribution >= 4 is 15.9 Å². The maximum Gasteiger partial charge on any atom is 0.269 e. The second-order valence-corrected chi connectivity index (χ2v) is 11.8. The van der Waals surface area contributed by atoms with Gasteiger partial charge in [0, 0.05) is 13.1 Å². The highest BCUT2D eigenvalue weighted by Crippen LogP contribution is 2.37. The maximum absolute atomic E-state index is 12.8. The van der Waals surface area contributed by atoms with E-state index in [0.717, 1.165) is 39.8 Å². The van der Waals surface area contributed by atoms with Crippen LogP contribution in [0.15, 0.2) is 77.7 Å². The van der Waals surface area contributed by atoms with Gasteiger partial charge in [-0.1, -0.05) is 66.4 Å². The first-order valence-electron chi connectivity index (χ1n) is 13.2. The molecule has 0 fully saturated rings.